The first-order valence-electron chi connectivity index (χ1n) is 5.47. The summed E-state index contributed by atoms with van der Waals surface area (Å²) >= 11 is 0. The SMILES string of the molecule is CCCOCCOc1ccc(F)cc1CN. The van der Waals surface area contributed by atoms with E-state index in [1.54, 1.807) is 6.07 Å². The molecule has 0 fully saturated rings. The third-order valence-electron chi connectivity index (χ3n) is 2.08. The van der Waals surface area contributed by atoms with Gasteiger partial charge in [-0.2, -0.15) is 0 Å². The first-order valence-corrected chi connectivity index (χ1v) is 5.47. The summed E-state index contributed by atoms with van der Waals surface area (Å²) in [5.41, 5.74) is 6.17. The van der Waals surface area contributed by atoms with Crippen LogP contribution in [0, 0.1) is 5.82 Å². The minimum Gasteiger partial charge on any atom is -0.491 e. The molecule has 0 aliphatic rings. The summed E-state index contributed by atoms with van der Waals surface area (Å²) in [6.45, 7) is 4.04. The lowest BCUT2D eigenvalue weighted by atomic mass is 10.2. The second-order valence-corrected chi connectivity index (χ2v) is 3.42. The van der Waals surface area contributed by atoms with Crippen molar-refractivity contribution >= 4 is 0 Å². The molecule has 0 unspecified atom stereocenters. The zero-order valence-corrected chi connectivity index (χ0v) is 9.54. The second kappa shape index (κ2) is 7.19. The minimum atomic E-state index is -0.296. The van der Waals surface area contributed by atoms with Gasteiger partial charge < -0.3 is 15.2 Å². The van der Waals surface area contributed by atoms with E-state index in [1.807, 2.05) is 6.92 Å². The van der Waals surface area contributed by atoms with Gasteiger partial charge in [-0.15, -0.1) is 0 Å². The van der Waals surface area contributed by atoms with E-state index in [-0.39, 0.29) is 12.4 Å². The van der Waals surface area contributed by atoms with Gasteiger partial charge in [0.2, 0.25) is 0 Å². The minimum absolute atomic E-state index is 0.267. The molecule has 3 nitrogen and oxygen atoms in total. The molecular weight excluding hydrogens is 209 g/mol. The number of hydrogen-bond donors (Lipinski definition) is 1. The van der Waals surface area contributed by atoms with Crippen molar-refractivity contribution in [3.8, 4) is 5.75 Å². The fraction of sp³-hybridized carbons (Fsp3) is 0.500. The zero-order chi connectivity index (χ0) is 11.8. The van der Waals surface area contributed by atoms with Gasteiger partial charge in [-0.25, -0.2) is 4.39 Å². The van der Waals surface area contributed by atoms with Crippen molar-refractivity contribution in [3.63, 3.8) is 0 Å². The molecule has 4 heteroatoms. The van der Waals surface area contributed by atoms with Crippen LogP contribution in [0.15, 0.2) is 18.2 Å². The maximum atomic E-state index is 12.9. The van der Waals surface area contributed by atoms with Gasteiger partial charge >= 0.3 is 0 Å². The van der Waals surface area contributed by atoms with Crippen molar-refractivity contribution in [1.29, 1.82) is 0 Å². The molecule has 1 aromatic rings. The Hall–Kier alpha value is -1.13. The number of nitrogens with two attached hydrogens (primary N) is 1. The fourth-order valence-electron chi connectivity index (χ4n) is 1.31. The molecule has 1 aromatic carbocycles. The Morgan fingerprint density at radius 2 is 2.06 bits per heavy atom. The van der Waals surface area contributed by atoms with Crippen LogP contribution in [0.5, 0.6) is 5.75 Å². The highest BCUT2D eigenvalue weighted by atomic mass is 19.1. The number of halogens is 1. The number of ether oxygens (including phenoxy) is 2. The van der Waals surface area contributed by atoms with Crippen molar-refractivity contribution in [2.75, 3.05) is 19.8 Å². The molecule has 90 valence electrons. The normalized spacial score (nSPS) is 10.4. The first-order chi connectivity index (χ1) is 7.77. The topological polar surface area (TPSA) is 44.5 Å². The van der Waals surface area contributed by atoms with E-state index in [4.69, 9.17) is 15.2 Å². The summed E-state index contributed by atoms with van der Waals surface area (Å²) in [4.78, 5) is 0. The lowest BCUT2D eigenvalue weighted by Crippen LogP contribution is -2.09. The molecule has 2 N–H and O–H groups in total. The summed E-state index contributed by atoms with van der Waals surface area (Å²) in [6, 6.07) is 4.35. The molecule has 0 aliphatic heterocycles. The molecule has 0 saturated carbocycles. The second-order valence-electron chi connectivity index (χ2n) is 3.42. The lowest BCUT2D eigenvalue weighted by Gasteiger charge is -2.10. The van der Waals surface area contributed by atoms with E-state index in [1.165, 1.54) is 12.1 Å². The summed E-state index contributed by atoms with van der Waals surface area (Å²) in [5, 5.41) is 0. The van der Waals surface area contributed by atoms with Crippen LogP contribution in [0.4, 0.5) is 4.39 Å². The molecule has 0 atom stereocenters. The summed E-state index contributed by atoms with van der Waals surface area (Å²) in [6.07, 6.45) is 0.991. The van der Waals surface area contributed by atoms with Gasteiger partial charge in [0.05, 0.1) is 6.61 Å². The molecule has 0 amide bonds. The van der Waals surface area contributed by atoms with Gasteiger partial charge in [0.15, 0.2) is 0 Å². The molecular formula is C12H18FNO2. The van der Waals surface area contributed by atoms with Gasteiger partial charge in [0.1, 0.15) is 18.2 Å². The van der Waals surface area contributed by atoms with Gasteiger partial charge in [-0.05, 0) is 24.6 Å². The van der Waals surface area contributed by atoms with Crippen LogP contribution in [-0.4, -0.2) is 19.8 Å². The summed E-state index contributed by atoms with van der Waals surface area (Å²) in [5.74, 6) is 0.332. The van der Waals surface area contributed by atoms with Crippen molar-refractivity contribution in [2.24, 2.45) is 5.73 Å². The summed E-state index contributed by atoms with van der Waals surface area (Å²) < 4.78 is 23.6. The third-order valence-corrected chi connectivity index (χ3v) is 2.08. The van der Waals surface area contributed by atoms with Crippen LogP contribution in [0.25, 0.3) is 0 Å². The molecule has 16 heavy (non-hydrogen) atoms. The van der Waals surface area contributed by atoms with Crippen LogP contribution in [-0.2, 0) is 11.3 Å². The summed E-state index contributed by atoms with van der Waals surface area (Å²) in [7, 11) is 0. The van der Waals surface area contributed by atoms with Crippen molar-refractivity contribution in [2.45, 2.75) is 19.9 Å². The Labute approximate surface area is 95.4 Å². The first kappa shape index (κ1) is 12.9. The Morgan fingerprint density at radius 1 is 1.25 bits per heavy atom. The molecule has 1 rings (SSSR count). The van der Waals surface area contributed by atoms with Crippen molar-refractivity contribution < 1.29 is 13.9 Å². The maximum Gasteiger partial charge on any atom is 0.124 e. The Bertz CT molecular complexity index is 318. The largest absolute Gasteiger partial charge is 0.491 e. The van der Waals surface area contributed by atoms with Gasteiger partial charge in [0, 0.05) is 18.7 Å². The van der Waals surface area contributed by atoms with Gasteiger partial charge in [-0.3, -0.25) is 0 Å². The number of rotatable bonds is 7. The molecule has 0 spiro atoms. The van der Waals surface area contributed by atoms with Gasteiger partial charge in [0.25, 0.3) is 0 Å². The maximum absolute atomic E-state index is 12.9. The van der Waals surface area contributed by atoms with E-state index < -0.39 is 0 Å². The Morgan fingerprint density at radius 3 is 2.75 bits per heavy atom. The van der Waals surface area contributed by atoms with Crippen molar-refractivity contribution in [1.82, 2.24) is 0 Å². The number of benzene rings is 1. The highest BCUT2D eigenvalue weighted by Gasteiger charge is 2.03. The average Bonchev–Trinajstić information content (AvgIpc) is 2.30. The van der Waals surface area contributed by atoms with Crippen LogP contribution in [0.3, 0.4) is 0 Å². The highest BCUT2D eigenvalue weighted by molar-refractivity contribution is 5.33. The molecule has 0 heterocycles. The van der Waals surface area contributed by atoms with Crippen molar-refractivity contribution in [3.05, 3.63) is 29.6 Å². The van der Waals surface area contributed by atoms with Crippen LogP contribution < -0.4 is 10.5 Å². The third kappa shape index (κ3) is 4.16. The smallest absolute Gasteiger partial charge is 0.124 e. The molecule has 0 bridgehead atoms. The molecule has 0 saturated heterocycles. The van der Waals surface area contributed by atoms with E-state index in [9.17, 15) is 4.39 Å². The van der Waals surface area contributed by atoms with E-state index in [0.717, 1.165) is 13.0 Å². The molecule has 0 radical (unpaired) electrons. The zero-order valence-electron chi connectivity index (χ0n) is 9.54. The highest BCUT2D eigenvalue weighted by Crippen LogP contribution is 2.18. The van der Waals surface area contributed by atoms with E-state index >= 15 is 0 Å². The molecule has 0 aliphatic carbocycles. The van der Waals surface area contributed by atoms with E-state index in [2.05, 4.69) is 0 Å². The monoisotopic (exact) mass is 227 g/mol. The fourth-order valence-corrected chi connectivity index (χ4v) is 1.31. The predicted molar refractivity (Wildman–Crippen MR) is 60.9 cm³/mol. The van der Waals surface area contributed by atoms with Crippen LogP contribution in [0.2, 0.25) is 0 Å². The standard InChI is InChI=1S/C12H18FNO2/c1-2-5-15-6-7-16-12-4-3-11(13)8-10(12)9-14/h3-4,8H,2,5-7,9,14H2,1H3. The quantitative estimate of drug-likeness (QED) is 0.725. The predicted octanol–water partition coefficient (Wildman–Crippen LogP) is 2.09. The molecule has 0 aromatic heterocycles. The number of hydrogen-bond acceptors (Lipinski definition) is 3. The Kier molecular flexibility index (Phi) is 5.82. The van der Waals surface area contributed by atoms with Crippen LogP contribution >= 0.6 is 0 Å². The van der Waals surface area contributed by atoms with Gasteiger partial charge in [-0.1, -0.05) is 6.92 Å². The lowest BCUT2D eigenvalue weighted by molar-refractivity contribution is 0.100. The Balaban J connectivity index is 2.41. The van der Waals surface area contributed by atoms with E-state index in [0.29, 0.717) is 24.5 Å². The average molecular weight is 227 g/mol. The van der Waals surface area contributed by atoms with Crippen LogP contribution in [0.1, 0.15) is 18.9 Å².